The van der Waals surface area contributed by atoms with Crippen LogP contribution in [0.4, 0.5) is 0 Å². The molecule has 0 saturated heterocycles. The van der Waals surface area contributed by atoms with Crippen LogP contribution in [0.3, 0.4) is 0 Å². The number of nitrogens with one attached hydrogen (secondary N) is 2. The summed E-state index contributed by atoms with van der Waals surface area (Å²) in [6.45, 7) is 16.2. The maximum atomic E-state index is 12.4. The Morgan fingerprint density at radius 1 is 0.500 bits per heavy atom. The molecule has 0 atom stereocenters. The van der Waals surface area contributed by atoms with E-state index >= 15 is 0 Å². The van der Waals surface area contributed by atoms with E-state index in [1.165, 1.54) is 23.9 Å². The Bertz CT molecular complexity index is 1510. The van der Waals surface area contributed by atoms with Crippen molar-refractivity contribution < 1.29 is 176 Å². The summed E-state index contributed by atoms with van der Waals surface area (Å²) in [5.41, 5.74) is 14.0. The molecule has 6 rings (SSSR count). The summed E-state index contributed by atoms with van der Waals surface area (Å²) in [6.07, 6.45) is 0. The molecule has 2 N–H and O–H groups in total. The first-order valence-electron chi connectivity index (χ1n) is 15.8. The number of imide groups is 2. The fraction of sp³-hybridized carbons (Fsp3) is 0.351. The molecule has 2 aliphatic rings. The predicted molar refractivity (Wildman–Crippen MR) is 197 cm³/mol. The molecular weight excluding hydrogens is 1670 g/mol. The van der Waals surface area contributed by atoms with Crippen molar-refractivity contribution >= 4 is 56.9 Å². The molecule has 2 aliphatic heterocycles. The average Bonchev–Trinajstić information content (AvgIpc) is 3.14. The van der Waals surface area contributed by atoms with Gasteiger partial charge in [0.05, 0.1) is 5.88 Å². The van der Waals surface area contributed by atoms with E-state index in [2.05, 4.69) is 0 Å². The molecule has 0 aromatic heterocycles. The van der Waals surface area contributed by atoms with Crippen molar-refractivity contribution in [2.45, 2.75) is 55.4 Å². The van der Waals surface area contributed by atoms with Gasteiger partial charge >= 0.3 is 116 Å². The van der Waals surface area contributed by atoms with E-state index in [0.29, 0.717) is 34.7 Å². The number of hydrogen-bond acceptors (Lipinski definition) is 5. The summed E-state index contributed by atoms with van der Waals surface area (Å²) in [4.78, 5) is 51.7. The number of thioether (sulfide) groups is 1. The summed E-state index contributed by atoms with van der Waals surface area (Å²) < 4.78 is 0. The van der Waals surface area contributed by atoms with Gasteiger partial charge in [0.15, 0.2) is 0 Å². The van der Waals surface area contributed by atoms with Crippen molar-refractivity contribution in [2.75, 3.05) is 32.3 Å². The third-order valence-electron chi connectivity index (χ3n) is 6.45. The van der Waals surface area contributed by atoms with E-state index in [0.717, 1.165) is 27.3 Å². The Labute approximate surface area is 429 Å². The van der Waals surface area contributed by atoms with Gasteiger partial charge in [-0.2, -0.15) is 14.1 Å². The second-order valence-corrected chi connectivity index (χ2v) is 9.68. The first-order chi connectivity index (χ1) is 22.5. The molecule has 4 aromatic carbocycles. The van der Waals surface area contributed by atoms with Gasteiger partial charge in [0.2, 0.25) is 0 Å². The Morgan fingerprint density at radius 2 is 0.750 bits per heavy atom. The van der Waals surface area contributed by atoms with E-state index in [1.807, 2.05) is 104 Å². The normalized spacial score (nSPS) is 10.5. The van der Waals surface area contributed by atoms with Crippen LogP contribution in [0.5, 0.6) is 0 Å². The van der Waals surface area contributed by atoms with E-state index in [9.17, 15) is 19.2 Å². The molecule has 0 aliphatic carbocycles. The Hall–Kier alpha value is -1.11. The monoisotopic (exact) mass is 1720 g/mol. The van der Waals surface area contributed by atoms with Crippen LogP contribution in [0.2, 0.25) is 0 Å². The Kier molecular flexibility index (Phi) is 46.6. The first kappa shape index (κ1) is 65.8. The van der Waals surface area contributed by atoms with Gasteiger partial charge in [-0.1, -0.05) is 97.0 Å². The van der Waals surface area contributed by atoms with Crippen LogP contribution in [0.1, 0.15) is 96.8 Å². The molecular formula is C37H50N4O4Rb2Re2Rf2S. The van der Waals surface area contributed by atoms with Crippen LogP contribution in [0.25, 0.3) is 33.0 Å². The Morgan fingerprint density at radius 3 is 0.981 bits per heavy atom. The largest absolute Gasteiger partial charge is 1.00 e. The summed E-state index contributed by atoms with van der Waals surface area (Å²) in [7, 11) is 2.50. The van der Waals surface area contributed by atoms with Crippen LogP contribution in [0, 0.1) is 0 Å². The number of amides is 4. The van der Waals surface area contributed by atoms with Crippen molar-refractivity contribution in [1.29, 1.82) is 0 Å². The zero-order chi connectivity index (χ0) is 35.4. The predicted octanol–water partition coefficient (Wildman–Crippen LogP) is 4.02. The van der Waals surface area contributed by atoms with Gasteiger partial charge in [-0.3, -0.25) is 29.0 Å². The smallest absolute Gasteiger partial charge is 0.680 e. The third kappa shape index (κ3) is 15.6. The molecule has 2 heterocycles. The molecule has 4 amide bonds. The van der Waals surface area contributed by atoms with Crippen molar-refractivity contribution in [3.63, 3.8) is 0 Å². The van der Waals surface area contributed by atoms with E-state index in [4.69, 9.17) is 11.5 Å². The van der Waals surface area contributed by atoms with Crippen molar-refractivity contribution in [3.8, 4) is 0 Å². The van der Waals surface area contributed by atoms with E-state index in [1.54, 1.807) is 36.0 Å². The minimum Gasteiger partial charge on any atom is -0.680 e. The number of carbonyl (C=O) groups is 4. The molecule has 0 spiro atoms. The molecule has 0 fully saturated rings. The first-order valence-corrected chi connectivity index (χ1v) is 17.0. The molecule has 52 heavy (non-hydrogen) atoms. The van der Waals surface area contributed by atoms with E-state index in [-0.39, 0.29) is 181 Å². The van der Waals surface area contributed by atoms with Gasteiger partial charge in [0, 0.05) is 80.4 Å². The summed E-state index contributed by atoms with van der Waals surface area (Å²) in [6, 6.07) is 22.3. The number of rotatable bonds is 4. The summed E-state index contributed by atoms with van der Waals surface area (Å²) >= 11 is 1.57. The molecule has 4 aromatic rings. The van der Waals surface area contributed by atoms with Crippen LogP contribution >= 0.6 is 11.8 Å². The molecule has 15 heteroatoms. The second-order valence-electron chi connectivity index (χ2n) is 8.43. The summed E-state index contributed by atoms with van der Waals surface area (Å²) in [5.74, 6) is 0.538. The SMILES string of the molecule is CC.CC.CC.CCN1C(=O)c2cccc3cccc(c23)C1=O.CCSCN1C(=O)c2cccc3cccc(c23)C1=O.C[NH-].C[NH-].[Rb+].[Rb+].[Re].[Re].[Rf].[Rf]. The van der Waals surface area contributed by atoms with Crippen molar-refractivity contribution in [1.82, 2.24) is 9.80 Å². The zero-order valence-electron chi connectivity index (χ0n) is 33.2. The van der Waals surface area contributed by atoms with Gasteiger partial charge in [0.25, 0.3) is 23.6 Å². The molecule has 0 unspecified atom stereocenters. The third-order valence-corrected chi connectivity index (χ3v) is 7.30. The van der Waals surface area contributed by atoms with Crippen molar-refractivity contribution in [2.24, 2.45) is 0 Å². The fourth-order valence-corrected chi connectivity index (χ4v) is 5.35. The fourth-order valence-electron chi connectivity index (χ4n) is 4.75. The second kappa shape index (κ2) is 36.8. The number of nitrogens with zero attached hydrogens (tertiary/aromatic N) is 2. The van der Waals surface area contributed by atoms with Gasteiger partial charge in [-0.25, -0.2) is 0 Å². The number of hydrogen-bond donors (Lipinski definition) is 0. The number of carbonyl (C=O) groups excluding carboxylic acids is 4. The van der Waals surface area contributed by atoms with Crippen molar-refractivity contribution in [3.05, 3.63) is 107 Å². The van der Waals surface area contributed by atoms with Gasteiger partial charge in [-0.15, -0.1) is 11.8 Å². The topological polar surface area (TPSA) is 122 Å². The molecule has 2 radical (unpaired) electrons. The van der Waals surface area contributed by atoms with Crippen LogP contribution in [-0.2, 0) is 40.8 Å². The quantitative estimate of drug-likeness (QED) is 0.286. The van der Waals surface area contributed by atoms with Crippen LogP contribution < -0.4 is 116 Å². The average molecular weight is 1720 g/mol. The maximum absolute atomic E-state index is 12.4. The van der Waals surface area contributed by atoms with Gasteiger partial charge in [0.1, 0.15) is 0 Å². The molecule has 0 saturated carbocycles. The van der Waals surface area contributed by atoms with Gasteiger partial charge < -0.3 is 11.5 Å². The minimum atomic E-state index is -0.193. The Balaban J connectivity index is -0.000000115. The molecule has 268 valence electrons. The van der Waals surface area contributed by atoms with Gasteiger partial charge in [-0.05, 0) is 47.7 Å². The zero-order valence-corrected chi connectivity index (χ0v) is 62.0. The van der Waals surface area contributed by atoms with Crippen LogP contribution in [-0.4, -0.2) is 65.7 Å². The standard InChI is InChI=1S/C15H13NO2S.C14H11NO2.3C2H6.2CH4N.2Rb.2Re.2Rf/c1-2-19-9-16-14(17)11-7-3-5-10-6-4-8-12(13(10)11)15(16)18;1-2-15-13(16)10-7-3-5-9-6-4-8-11(12(9)10)14(15)17;5*1-2;;;;;;/h3-8H,2,9H2,1H3;3-8H,2H2,1H3;3*1-2H3;2*2H,1H3;;;;;;/q;;;;;2*-1;2*+1;;;;. The number of benzene rings is 4. The molecule has 0 bridgehead atoms. The van der Waals surface area contributed by atoms with E-state index < -0.39 is 0 Å². The summed E-state index contributed by atoms with van der Waals surface area (Å²) in [5, 5.41) is 3.46. The minimum absolute atomic E-state index is 0. The van der Waals surface area contributed by atoms with Crippen LogP contribution in [0.15, 0.2) is 72.8 Å². The molecule has 8 nitrogen and oxygen atoms in total. The maximum Gasteiger partial charge on any atom is 1.00 e.